The molecule has 6 nitrogen and oxygen atoms in total. The summed E-state index contributed by atoms with van der Waals surface area (Å²) in [7, 11) is 1.58. The van der Waals surface area contributed by atoms with Gasteiger partial charge in [-0.15, -0.1) is 0 Å². The van der Waals surface area contributed by atoms with Crippen LogP contribution in [0.2, 0.25) is 0 Å². The minimum Gasteiger partial charge on any atom is -0.497 e. The number of hydrazone groups is 1. The number of methoxy groups -OCH3 is 1. The summed E-state index contributed by atoms with van der Waals surface area (Å²) in [5, 5.41) is 6.82. The molecule has 2 N–H and O–H groups in total. The van der Waals surface area contributed by atoms with Gasteiger partial charge < -0.3 is 10.1 Å². The number of hydrogen-bond donors (Lipinski definition) is 2. The smallest absolute Gasteiger partial charge is 0.287 e. The first-order chi connectivity index (χ1) is 13.9. The molecule has 0 aliphatic heterocycles. The maximum atomic E-state index is 12.7. The first kappa shape index (κ1) is 21.9. The highest BCUT2D eigenvalue weighted by atomic mass is 16.5. The van der Waals surface area contributed by atoms with Crippen LogP contribution in [0, 0.1) is 5.92 Å². The minimum atomic E-state index is -0.492. The molecule has 2 aromatic carbocycles. The molecule has 0 radical (unpaired) electrons. The molecule has 0 fully saturated rings. The van der Waals surface area contributed by atoms with Crippen LogP contribution in [0.3, 0.4) is 0 Å². The van der Waals surface area contributed by atoms with Gasteiger partial charge in [0.25, 0.3) is 11.8 Å². The van der Waals surface area contributed by atoms with Gasteiger partial charge in [0.1, 0.15) is 11.4 Å². The van der Waals surface area contributed by atoms with E-state index in [1.165, 1.54) is 0 Å². The first-order valence-corrected chi connectivity index (χ1v) is 9.44. The predicted molar refractivity (Wildman–Crippen MR) is 116 cm³/mol. The van der Waals surface area contributed by atoms with Crippen molar-refractivity contribution < 1.29 is 14.3 Å². The van der Waals surface area contributed by atoms with Gasteiger partial charge in [0, 0.05) is 11.3 Å². The lowest BCUT2D eigenvalue weighted by atomic mass is 10.1. The van der Waals surface area contributed by atoms with Crippen molar-refractivity contribution in [2.75, 3.05) is 7.11 Å². The van der Waals surface area contributed by atoms with Gasteiger partial charge in [-0.1, -0.05) is 44.2 Å². The number of amides is 2. The third-order valence-corrected chi connectivity index (χ3v) is 4.01. The van der Waals surface area contributed by atoms with E-state index in [4.69, 9.17) is 4.74 Å². The van der Waals surface area contributed by atoms with E-state index in [9.17, 15) is 9.59 Å². The van der Waals surface area contributed by atoms with Crippen molar-refractivity contribution in [3.63, 3.8) is 0 Å². The van der Waals surface area contributed by atoms with Crippen molar-refractivity contribution in [2.45, 2.75) is 27.2 Å². The van der Waals surface area contributed by atoms with Crippen LogP contribution in [0.15, 0.2) is 65.4 Å². The van der Waals surface area contributed by atoms with Crippen LogP contribution in [-0.2, 0) is 4.79 Å². The lowest BCUT2D eigenvalue weighted by molar-refractivity contribution is -0.117. The van der Waals surface area contributed by atoms with Crippen molar-refractivity contribution in [3.05, 3.63) is 71.4 Å². The molecule has 0 saturated heterocycles. The van der Waals surface area contributed by atoms with E-state index in [0.29, 0.717) is 17.2 Å². The fourth-order valence-corrected chi connectivity index (χ4v) is 2.65. The van der Waals surface area contributed by atoms with Crippen LogP contribution in [-0.4, -0.2) is 24.6 Å². The molecule has 0 saturated carbocycles. The molecule has 0 aliphatic carbocycles. The molecule has 0 bridgehead atoms. The maximum absolute atomic E-state index is 12.7. The Hall–Kier alpha value is -3.41. The number of benzene rings is 2. The fourth-order valence-electron chi connectivity index (χ4n) is 2.65. The molecular formula is C23H27N3O3. The van der Waals surface area contributed by atoms with Gasteiger partial charge in [-0.25, -0.2) is 5.43 Å². The molecule has 2 aromatic rings. The van der Waals surface area contributed by atoms with Gasteiger partial charge in [-0.05, 0) is 55.2 Å². The van der Waals surface area contributed by atoms with Crippen LogP contribution in [0.25, 0.3) is 6.08 Å². The second-order valence-corrected chi connectivity index (χ2v) is 7.04. The third kappa shape index (κ3) is 7.25. The lowest BCUT2D eigenvalue weighted by Crippen LogP contribution is -2.33. The molecule has 0 atom stereocenters. The highest BCUT2D eigenvalue weighted by Crippen LogP contribution is 2.14. The zero-order valence-corrected chi connectivity index (χ0v) is 17.2. The Balaban J connectivity index is 2.25. The molecule has 0 aliphatic rings. The predicted octanol–water partition coefficient (Wildman–Crippen LogP) is 4.00. The Bertz CT molecular complexity index is 885. The van der Waals surface area contributed by atoms with Crippen molar-refractivity contribution in [1.29, 1.82) is 0 Å². The summed E-state index contributed by atoms with van der Waals surface area (Å²) in [5.41, 5.74) is 4.64. The Morgan fingerprint density at radius 1 is 1.07 bits per heavy atom. The summed E-state index contributed by atoms with van der Waals surface area (Å²) in [6, 6.07) is 15.9. The zero-order valence-electron chi connectivity index (χ0n) is 17.2. The van der Waals surface area contributed by atoms with E-state index in [0.717, 1.165) is 17.7 Å². The Morgan fingerprint density at radius 3 is 2.31 bits per heavy atom. The Labute approximate surface area is 171 Å². The number of carbonyl (C=O) groups excluding carboxylic acids is 2. The van der Waals surface area contributed by atoms with Crippen molar-refractivity contribution in [2.24, 2.45) is 11.0 Å². The SMILES string of the molecule is COc1ccc(/C=C(/NC(=O)c2ccccc2)C(=O)N/N=C(\C)CC(C)C)cc1. The van der Waals surface area contributed by atoms with Gasteiger partial charge in [0.2, 0.25) is 0 Å². The van der Waals surface area contributed by atoms with Crippen molar-refractivity contribution in [1.82, 2.24) is 10.7 Å². The number of hydrogen-bond acceptors (Lipinski definition) is 4. The third-order valence-electron chi connectivity index (χ3n) is 4.01. The number of carbonyl (C=O) groups is 2. The summed E-state index contributed by atoms with van der Waals surface area (Å²) in [6.07, 6.45) is 2.37. The topological polar surface area (TPSA) is 79.8 Å². The van der Waals surface area contributed by atoms with Crippen LogP contribution >= 0.6 is 0 Å². The summed E-state index contributed by atoms with van der Waals surface area (Å²) in [6.45, 7) is 6.02. The van der Waals surface area contributed by atoms with Gasteiger partial charge in [0.05, 0.1) is 7.11 Å². The van der Waals surface area contributed by atoms with Crippen molar-refractivity contribution >= 4 is 23.6 Å². The molecule has 2 amide bonds. The second-order valence-electron chi connectivity index (χ2n) is 7.04. The first-order valence-electron chi connectivity index (χ1n) is 9.44. The summed E-state index contributed by atoms with van der Waals surface area (Å²) >= 11 is 0. The fraction of sp³-hybridized carbons (Fsp3) is 0.261. The van der Waals surface area contributed by atoms with E-state index >= 15 is 0 Å². The summed E-state index contributed by atoms with van der Waals surface area (Å²) in [5.74, 6) is 0.273. The molecule has 29 heavy (non-hydrogen) atoms. The highest BCUT2D eigenvalue weighted by molar-refractivity contribution is 6.05. The van der Waals surface area contributed by atoms with Gasteiger partial charge in [-0.2, -0.15) is 5.10 Å². The van der Waals surface area contributed by atoms with E-state index in [2.05, 4.69) is 29.7 Å². The highest BCUT2D eigenvalue weighted by Gasteiger charge is 2.14. The quantitative estimate of drug-likeness (QED) is 0.404. The van der Waals surface area contributed by atoms with E-state index < -0.39 is 5.91 Å². The number of rotatable bonds is 8. The van der Waals surface area contributed by atoms with E-state index in [1.54, 1.807) is 61.7 Å². The molecule has 0 spiro atoms. The molecule has 0 aromatic heterocycles. The average molecular weight is 393 g/mol. The minimum absolute atomic E-state index is 0.102. The standard InChI is InChI=1S/C23H27N3O3/c1-16(2)14-17(3)25-26-23(28)21(15-18-10-12-20(29-4)13-11-18)24-22(27)19-8-6-5-7-9-19/h5-13,15-16H,14H2,1-4H3,(H,24,27)(H,26,28)/b21-15+,25-17+. The van der Waals surface area contributed by atoms with E-state index in [1.807, 2.05) is 13.0 Å². The summed E-state index contributed by atoms with van der Waals surface area (Å²) in [4.78, 5) is 25.2. The second kappa shape index (κ2) is 10.8. The van der Waals surface area contributed by atoms with Gasteiger partial charge in [0.15, 0.2) is 0 Å². The van der Waals surface area contributed by atoms with Gasteiger partial charge in [-0.3, -0.25) is 9.59 Å². The molecule has 0 unspecified atom stereocenters. The summed E-state index contributed by atoms with van der Waals surface area (Å²) < 4.78 is 5.15. The zero-order chi connectivity index (χ0) is 21.2. The normalized spacial score (nSPS) is 11.9. The molecule has 2 rings (SSSR count). The monoisotopic (exact) mass is 393 g/mol. The molecule has 152 valence electrons. The Morgan fingerprint density at radius 2 is 1.72 bits per heavy atom. The number of ether oxygens (including phenoxy) is 1. The van der Waals surface area contributed by atoms with Crippen LogP contribution in [0.4, 0.5) is 0 Å². The average Bonchev–Trinajstić information content (AvgIpc) is 2.72. The van der Waals surface area contributed by atoms with Crippen LogP contribution < -0.4 is 15.5 Å². The van der Waals surface area contributed by atoms with Crippen molar-refractivity contribution in [3.8, 4) is 5.75 Å². The number of nitrogens with zero attached hydrogens (tertiary/aromatic N) is 1. The van der Waals surface area contributed by atoms with Crippen LogP contribution in [0.5, 0.6) is 5.75 Å². The number of nitrogens with one attached hydrogen (secondary N) is 2. The molecule has 6 heteroatoms. The van der Waals surface area contributed by atoms with E-state index in [-0.39, 0.29) is 11.6 Å². The maximum Gasteiger partial charge on any atom is 0.287 e. The largest absolute Gasteiger partial charge is 0.497 e. The van der Waals surface area contributed by atoms with Gasteiger partial charge >= 0.3 is 0 Å². The molecular weight excluding hydrogens is 366 g/mol. The Kier molecular flexibility index (Phi) is 8.15. The van der Waals surface area contributed by atoms with Crippen LogP contribution in [0.1, 0.15) is 43.1 Å². The lowest BCUT2D eigenvalue weighted by Gasteiger charge is -2.10. The molecule has 0 heterocycles.